The highest BCUT2D eigenvalue weighted by Crippen LogP contribution is 2.36. The summed E-state index contributed by atoms with van der Waals surface area (Å²) in [5, 5.41) is 16.4. The first kappa shape index (κ1) is 19.4. The van der Waals surface area contributed by atoms with Crippen LogP contribution in [0, 0.1) is 10.1 Å². The molecule has 9 heteroatoms. The molecule has 5 rings (SSSR count). The number of fused-ring (bicyclic) bond motifs is 1. The van der Waals surface area contributed by atoms with Crippen LogP contribution in [0.1, 0.15) is 40.8 Å². The fourth-order valence-electron chi connectivity index (χ4n) is 3.94. The molecule has 1 aliphatic heterocycles. The zero-order valence-electron chi connectivity index (χ0n) is 16.5. The molecule has 1 atom stereocenters. The minimum absolute atomic E-state index is 0.0205. The van der Waals surface area contributed by atoms with E-state index < -0.39 is 4.92 Å². The number of hydrogen-bond acceptors (Lipinski definition) is 6. The Morgan fingerprint density at radius 1 is 1.13 bits per heavy atom. The first-order valence-corrected chi connectivity index (χ1v) is 10.9. The zero-order chi connectivity index (χ0) is 21.4. The molecule has 0 radical (unpaired) electrons. The maximum absolute atomic E-state index is 13.3. The number of para-hydroxylation sites is 1. The Hall–Kier alpha value is -3.59. The molecule has 1 fully saturated rings. The number of likely N-dealkylation sites (tertiary alicyclic amines) is 1. The molecule has 156 valence electrons. The van der Waals surface area contributed by atoms with Crippen molar-refractivity contribution in [2.75, 3.05) is 6.54 Å². The van der Waals surface area contributed by atoms with Gasteiger partial charge in [0, 0.05) is 24.9 Å². The summed E-state index contributed by atoms with van der Waals surface area (Å²) in [6.45, 7) is 0.656. The number of carbonyl (C=O) groups excluding carboxylic acids is 1. The van der Waals surface area contributed by atoms with Gasteiger partial charge in [-0.1, -0.05) is 18.2 Å². The number of rotatable bonds is 4. The SMILES string of the molecule is O=C(c1ccn(-c2cccc([N+](=O)[O-])c2)n1)N1CCCCC1c1nc2ccccc2s1. The van der Waals surface area contributed by atoms with Crippen molar-refractivity contribution in [1.29, 1.82) is 0 Å². The number of hydrogen-bond donors (Lipinski definition) is 0. The van der Waals surface area contributed by atoms with Crippen LogP contribution >= 0.6 is 11.3 Å². The summed E-state index contributed by atoms with van der Waals surface area (Å²) in [6.07, 6.45) is 4.52. The lowest BCUT2D eigenvalue weighted by Gasteiger charge is -2.34. The van der Waals surface area contributed by atoms with Gasteiger partial charge in [-0.2, -0.15) is 5.10 Å². The fraction of sp³-hybridized carbons (Fsp3) is 0.227. The van der Waals surface area contributed by atoms with Gasteiger partial charge < -0.3 is 4.90 Å². The van der Waals surface area contributed by atoms with Crippen molar-refractivity contribution >= 4 is 33.1 Å². The molecule has 2 aromatic heterocycles. The van der Waals surface area contributed by atoms with Crippen LogP contribution in [0.15, 0.2) is 60.8 Å². The summed E-state index contributed by atoms with van der Waals surface area (Å²) >= 11 is 1.63. The van der Waals surface area contributed by atoms with Gasteiger partial charge in [0.05, 0.1) is 26.9 Å². The van der Waals surface area contributed by atoms with Crippen LogP contribution in [0.4, 0.5) is 5.69 Å². The lowest BCUT2D eigenvalue weighted by Crippen LogP contribution is -2.38. The van der Waals surface area contributed by atoms with Gasteiger partial charge in [0.1, 0.15) is 5.01 Å². The van der Waals surface area contributed by atoms with E-state index in [-0.39, 0.29) is 17.6 Å². The molecule has 0 saturated carbocycles. The largest absolute Gasteiger partial charge is 0.328 e. The first-order valence-electron chi connectivity index (χ1n) is 10.1. The average Bonchev–Trinajstić information content (AvgIpc) is 3.46. The second kappa shape index (κ2) is 7.92. The molecule has 0 bridgehead atoms. The van der Waals surface area contributed by atoms with Crippen molar-refractivity contribution in [2.24, 2.45) is 0 Å². The molecule has 1 saturated heterocycles. The smallest absolute Gasteiger partial charge is 0.274 e. The van der Waals surface area contributed by atoms with Crippen molar-refractivity contribution < 1.29 is 9.72 Å². The highest BCUT2D eigenvalue weighted by Gasteiger charge is 2.32. The number of aromatic nitrogens is 3. The van der Waals surface area contributed by atoms with Gasteiger partial charge in [0.25, 0.3) is 11.6 Å². The highest BCUT2D eigenvalue weighted by molar-refractivity contribution is 7.18. The maximum atomic E-state index is 13.3. The molecule has 1 amide bonds. The maximum Gasteiger partial charge on any atom is 0.274 e. The molecule has 3 heterocycles. The summed E-state index contributed by atoms with van der Waals surface area (Å²) in [4.78, 5) is 30.6. The minimum atomic E-state index is -0.449. The second-order valence-corrected chi connectivity index (χ2v) is 8.51. The molecule has 1 unspecified atom stereocenters. The van der Waals surface area contributed by atoms with Crippen molar-refractivity contribution in [3.63, 3.8) is 0 Å². The van der Waals surface area contributed by atoms with Gasteiger partial charge in [-0.15, -0.1) is 11.3 Å². The molecule has 0 spiro atoms. The third-order valence-electron chi connectivity index (χ3n) is 5.47. The number of thiazole rings is 1. The number of amides is 1. The van der Waals surface area contributed by atoms with E-state index >= 15 is 0 Å². The quantitative estimate of drug-likeness (QED) is 0.342. The molecular weight excluding hydrogens is 414 g/mol. The lowest BCUT2D eigenvalue weighted by molar-refractivity contribution is -0.384. The topological polar surface area (TPSA) is 94.2 Å². The Morgan fingerprint density at radius 3 is 2.84 bits per heavy atom. The fourth-order valence-corrected chi connectivity index (χ4v) is 5.06. The molecule has 31 heavy (non-hydrogen) atoms. The van der Waals surface area contributed by atoms with E-state index in [1.54, 1.807) is 35.7 Å². The van der Waals surface area contributed by atoms with Crippen LogP contribution < -0.4 is 0 Å². The Kier molecular flexibility index (Phi) is 4.95. The van der Waals surface area contributed by atoms with Crippen LogP contribution in [-0.4, -0.2) is 37.0 Å². The number of benzene rings is 2. The van der Waals surface area contributed by atoms with E-state index in [9.17, 15) is 14.9 Å². The van der Waals surface area contributed by atoms with E-state index in [1.807, 2.05) is 29.2 Å². The summed E-state index contributed by atoms with van der Waals surface area (Å²) in [7, 11) is 0. The zero-order valence-corrected chi connectivity index (χ0v) is 17.4. The van der Waals surface area contributed by atoms with Gasteiger partial charge in [-0.25, -0.2) is 9.67 Å². The van der Waals surface area contributed by atoms with E-state index in [0.29, 0.717) is 17.9 Å². The first-order chi connectivity index (χ1) is 15.1. The molecule has 0 aliphatic carbocycles. The third kappa shape index (κ3) is 3.68. The Bertz CT molecular complexity index is 1250. The average molecular weight is 433 g/mol. The Labute approximate surface area is 181 Å². The monoisotopic (exact) mass is 433 g/mol. The third-order valence-corrected chi connectivity index (χ3v) is 6.61. The minimum Gasteiger partial charge on any atom is -0.328 e. The normalized spacial score (nSPS) is 16.5. The number of piperidine rings is 1. The number of nitrogens with zero attached hydrogens (tertiary/aromatic N) is 5. The predicted molar refractivity (Wildman–Crippen MR) is 117 cm³/mol. The summed E-state index contributed by atoms with van der Waals surface area (Å²) < 4.78 is 2.61. The Balaban J connectivity index is 1.43. The van der Waals surface area contributed by atoms with Gasteiger partial charge in [0.2, 0.25) is 0 Å². The standard InChI is InChI=1S/C22H19N5O3S/c28-22(18-11-13-26(24-18)15-6-5-7-16(14-15)27(29)30)25-12-4-3-9-19(25)21-23-17-8-1-2-10-20(17)31-21/h1-2,5-8,10-11,13-14,19H,3-4,9,12H2. The van der Waals surface area contributed by atoms with Gasteiger partial charge in [0.15, 0.2) is 5.69 Å². The van der Waals surface area contributed by atoms with Gasteiger partial charge in [-0.3, -0.25) is 14.9 Å². The molecular formula is C22H19N5O3S. The molecule has 1 aliphatic rings. The van der Waals surface area contributed by atoms with E-state index in [1.165, 1.54) is 16.8 Å². The van der Waals surface area contributed by atoms with E-state index in [4.69, 9.17) is 4.98 Å². The van der Waals surface area contributed by atoms with Crippen LogP contribution in [0.2, 0.25) is 0 Å². The molecule has 0 N–H and O–H groups in total. The second-order valence-electron chi connectivity index (χ2n) is 7.45. The van der Waals surface area contributed by atoms with E-state index in [0.717, 1.165) is 34.5 Å². The van der Waals surface area contributed by atoms with Crippen LogP contribution in [-0.2, 0) is 0 Å². The molecule has 8 nitrogen and oxygen atoms in total. The van der Waals surface area contributed by atoms with Gasteiger partial charge >= 0.3 is 0 Å². The van der Waals surface area contributed by atoms with Crippen LogP contribution in [0.25, 0.3) is 15.9 Å². The number of carbonyl (C=O) groups is 1. The van der Waals surface area contributed by atoms with Gasteiger partial charge in [-0.05, 0) is 43.5 Å². The summed E-state index contributed by atoms with van der Waals surface area (Å²) in [5.74, 6) is -0.145. The number of nitro groups is 1. The van der Waals surface area contributed by atoms with E-state index in [2.05, 4.69) is 5.10 Å². The summed E-state index contributed by atoms with van der Waals surface area (Å²) in [6, 6.07) is 15.8. The number of nitro benzene ring substituents is 1. The summed E-state index contributed by atoms with van der Waals surface area (Å²) in [5.41, 5.74) is 1.79. The van der Waals surface area contributed by atoms with Crippen LogP contribution in [0.5, 0.6) is 0 Å². The Morgan fingerprint density at radius 2 is 2.00 bits per heavy atom. The van der Waals surface area contributed by atoms with Crippen molar-refractivity contribution in [2.45, 2.75) is 25.3 Å². The number of non-ortho nitro benzene ring substituents is 1. The van der Waals surface area contributed by atoms with Crippen molar-refractivity contribution in [3.05, 3.63) is 81.6 Å². The van der Waals surface area contributed by atoms with Crippen molar-refractivity contribution in [1.82, 2.24) is 19.7 Å². The molecule has 4 aromatic rings. The lowest BCUT2D eigenvalue weighted by atomic mass is 10.0. The van der Waals surface area contributed by atoms with Crippen LogP contribution in [0.3, 0.4) is 0 Å². The molecule has 2 aromatic carbocycles. The highest BCUT2D eigenvalue weighted by atomic mass is 32.1. The van der Waals surface area contributed by atoms with Crippen molar-refractivity contribution in [3.8, 4) is 5.69 Å². The predicted octanol–water partition coefficient (Wildman–Crippen LogP) is 4.76.